The molecule has 0 fully saturated rings. The van der Waals surface area contributed by atoms with Crippen molar-refractivity contribution in [3.63, 3.8) is 0 Å². The van der Waals surface area contributed by atoms with Gasteiger partial charge in [-0.15, -0.1) is 0 Å². The van der Waals surface area contributed by atoms with Crippen LogP contribution in [0.4, 0.5) is 0 Å². The molecule has 0 radical (unpaired) electrons. The van der Waals surface area contributed by atoms with Crippen molar-refractivity contribution in [3.8, 4) is 6.01 Å². The molecule has 2 heterocycles. The number of nitrogens with zero attached hydrogens (tertiary/aromatic N) is 2. The summed E-state index contributed by atoms with van der Waals surface area (Å²) in [5, 5.41) is 3.25. The number of ether oxygens (including phenoxy) is 1. The fourth-order valence-electron chi connectivity index (χ4n) is 1.57. The Kier molecular flexibility index (Phi) is 2.37. The number of hydrogen-bond acceptors (Lipinski definition) is 4. The number of hydrogen-bond donors (Lipinski definition) is 1. The minimum atomic E-state index is 0.127. The van der Waals surface area contributed by atoms with E-state index in [9.17, 15) is 0 Å². The Bertz CT molecular complexity index is 349. The van der Waals surface area contributed by atoms with Gasteiger partial charge in [0.05, 0.1) is 11.8 Å². The molecular formula is C10H15N3O. The third-order valence-electron chi connectivity index (χ3n) is 2.21. The molecule has 0 amide bonds. The molecule has 0 aromatic carbocycles. The fourth-order valence-corrected chi connectivity index (χ4v) is 1.57. The van der Waals surface area contributed by atoms with E-state index in [1.807, 2.05) is 20.8 Å². The van der Waals surface area contributed by atoms with Crippen LogP contribution in [0.25, 0.3) is 0 Å². The first-order chi connectivity index (χ1) is 6.66. The first-order valence-corrected chi connectivity index (χ1v) is 4.90. The summed E-state index contributed by atoms with van der Waals surface area (Å²) in [5.41, 5.74) is 3.32. The van der Waals surface area contributed by atoms with Gasteiger partial charge >= 0.3 is 6.01 Å². The van der Waals surface area contributed by atoms with E-state index in [1.165, 1.54) is 5.56 Å². The summed E-state index contributed by atoms with van der Waals surface area (Å²) >= 11 is 0. The zero-order valence-corrected chi connectivity index (χ0v) is 8.79. The van der Waals surface area contributed by atoms with Crippen LogP contribution in [0.2, 0.25) is 0 Å². The third kappa shape index (κ3) is 1.70. The lowest BCUT2D eigenvalue weighted by Gasteiger charge is -2.09. The average Bonchev–Trinajstić information content (AvgIpc) is 2.50. The summed E-state index contributed by atoms with van der Waals surface area (Å²) in [5.74, 6) is 0. The Labute approximate surface area is 83.7 Å². The van der Waals surface area contributed by atoms with Crippen LogP contribution in [0.3, 0.4) is 0 Å². The second kappa shape index (κ2) is 3.53. The van der Waals surface area contributed by atoms with E-state index in [4.69, 9.17) is 4.74 Å². The van der Waals surface area contributed by atoms with E-state index in [0.29, 0.717) is 6.01 Å². The van der Waals surface area contributed by atoms with Crippen molar-refractivity contribution in [2.24, 2.45) is 0 Å². The van der Waals surface area contributed by atoms with Crippen molar-refractivity contribution in [2.45, 2.75) is 40.0 Å². The van der Waals surface area contributed by atoms with Gasteiger partial charge in [0.1, 0.15) is 0 Å². The molecule has 76 valence electrons. The molecular weight excluding hydrogens is 178 g/mol. The number of aromatic nitrogens is 2. The Hall–Kier alpha value is -1.16. The Morgan fingerprint density at radius 2 is 2.07 bits per heavy atom. The SMILES string of the molecule is Cc1nc(OC(C)C)nc2c1CNC2. The molecule has 4 nitrogen and oxygen atoms in total. The highest BCUT2D eigenvalue weighted by molar-refractivity contribution is 5.29. The molecule has 0 saturated heterocycles. The van der Waals surface area contributed by atoms with Gasteiger partial charge in [0.2, 0.25) is 0 Å². The lowest BCUT2D eigenvalue weighted by molar-refractivity contribution is 0.221. The first-order valence-electron chi connectivity index (χ1n) is 4.90. The van der Waals surface area contributed by atoms with Crippen molar-refractivity contribution in [1.82, 2.24) is 15.3 Å². The number of rotatable bonds is 2. The Morgan fingerprint density at radius 3 is 2.79 bits per heavy atom. The van der Waals surface area contributed by atoms with E-state index in [-0.39, 0.29) is 6.10 Å². The highest BCUT2D eigenvalue weighted by atomic mass is 16.5. The van der Waals surface area contributed by atoms with Gasteiger partial charge in [0, 0.05) is 24.3 Å². The summed E-state index contributed by atoms with van der Waals surface area (Å²) in [7, 11) is 0. The van der Waals surface area contributed by atoms with Crippen LogP contribution in [0.15, 0.2) is 0 Å². The summed E-state index contributed by atoms with van der Waals surface area (Å²) in [4.78, 5) is 8.67. The summed E-state index contributed by atoms with van der Waals surface area (Å²) < 4.78 is 5.47. The standard InChI is InChI=1S/C10H15N3O/c1-6(2)14-10-12-7(3)8-4-11-5-9(8)13-10/h6,11H,4-5H2,1-3H3. The second-order valence-electron chi connectivity index (χ2n) is 3.79. The molecule has 0 aliphatic carbocycles. The lowest BCUT2D eigenvalue weighted by atomic mass is 10.2. The number of fused-ring (bicyclic) bond motifs is 1. The van der Waals surface area contributed by atoms with Crippen LogP contribution < -0.4 is 10.1 Å². The van der Waals surface area contributed by atoms with Gasteiger partial charge in [-0.3, -0.25) is 0 Å². The molecule has 1 aromatic rings. The van der Waals surface area contributed by atoms with Crippen LogP contribution in [-0.2, 0) is 13.1 Å². The van der Waals surface area contributed by atoms with Crippen molar-refractivity contribution in [2.75, 3.05) is 0 Å². The molecule has 1 N–H and O–H groups in total. The van der Waals surface area contributed by atoms with Crippen molar-refractivity contribution >= 4 is 0 Å². The smallest absolute Gasteiger partial charge is 0.317 e. The summed E-state index contributed by atoms with van der Waals surface area (Å²) in [6.45, 7) is 7.66. The molecule has 4 heteroatoms. The zero-order valence-electron chi connectivity index (χ0n) is 8.79. The molecule has 1 aliphatic rings. The van der Waals surface area contributed by atoms with Crippen LogP contribution >= 0.6 is 0 Å². The molecule has 14 heavy (non-hydrogen) atoms. The Balaban J connectivity index is 2.32. The monoisotopic (exact) mass is 193 g/mol. The normalized spacial score (nSPS) is 14.6. The van der Waals surface area contributed by atoms with Gasteiger partial charge in [0.25, 0.3) is 0 Å². The third-order valence-corrected chi connectivity index (χ3v) is 2.21. The van der Waals surface area contributed by atoms with Crippen LogP contribution in [0, 0.1) is 6.92 Å². The Morgan fingerprint density at radius 1 is 1.29 bits per heavy atom. The molecule has 1 aromatic heterocycles. The average molecular weight is 193 g/mol. The van der Waals surface area contributed by atoms with Gasteiger partial charge in [-0.25, -0.2) is 4.98 Å². The topological polar surface area (TPSA) is 47.0 Å². The number of aryl methyl sites for hydroxylation is 1. The molecule has 2 rings (SSSR count). The van der Waals surface area contributed by atoms with Gasteiger partial charge in [-0.2, -0.15) is 4.98 Å². The second-order valence-corrected chi connectivity index (χ2v) is 3.79. The minimum Gasteiger partial charge on any atom is -0.461 e. The molecule has 0 atom stereocenters. The first kappa shape index (κ1) is 9.40. The van der Waals surface area contributed by atoms with E-state index >= 15 is 0 Å². The predicted octanol–water partition coefficient (Wildman–Crippen LogP) is 1.18. The largest absolute Gasteiger partial charge is 0.461 e. The maximum Gasteiger partial charge on any atom is 0.317 e. The van der Waals surface area contributed by atoms with Gasteiger partial charge in [-0.1, -0.05) is 0 Å². The molecule has 0 bridgehead atoms. The van der Waals surface area contributed by atoms with Gasteiger partial charge in [-0.05, 0) is 20.8 Å². The number of nitrogens with one attached hydrogen (secondary N) is 1. The lowest BCUT2D eigenvalue weighted by Crippen LogP contribution is -2.10. The van der Waals surface area contributed by atoms with E-state index in [0.717, 1.165) is 24.5 Å². The highest BCUT2D eigenvalue weighted by Crippen LogP contribution is 2.19. The molecule has 0 saturated carbocycles. The van der Waals surface area contributed by atoms with Crippen molar-refractivity contribution < 1.29 is 4.74 Å². The fraction of sp³-hybridized carbons (Fsp3) is 0.600. The molecule has 0 spiro atoms. The van der Waals surface area contributed by atoms with Gasteiger partial charge < -0.3 is 10.1 Å². The van der Waals surface area contributed by atoms with Gasteiger partial charge in [0.15, 0.2) is 0 Å². The van der Waals surface area contributed by atoms with E-state index < -0.39 is 0 Å². The van der Waals surface area contributed by atoms with E-state index in [1.54, 1.807) is 0 Å². The van der Waals surface area contributed by atoms with Crippen molar-refractivity contribution in [1.29, 1.82) is 0 Å². The predicted molar refractivity (Wildman–Crippen MR) is 53.1 cm³/mol. The molecule has 0 unspecified atom stereocenters. The van der Waals surface area contributed by atoms with Crippen LogP contribution in [0.1, 0.15) is 30.8 Å². The van der Waals surface area contributed by atoms with Crippen LogP contribution in [-0.4, -0.2) is 16.1 Å². The molecule has 1 aliphatic heterocycles. The maximum absolute atomic E-state index is 5.47. The van der Waals surface area contributed by atoms with Crippen LogP contribution in [0.5, 0.6) is 6.01 Å². The summed E-state index contributed by atoms with van der Waals surface area (Å²) in [6.07, 6.45) is 0.127. The maximum atomic E-state index is 5.47. The summed E-state index contributed by atoms with van der Waals surface area (Å²) in [6, 6.07) is 0.500. The van der Waals surface area contributed by atoms with E-state index in [2.05, 4.69) is 15.3 Å². The quantitative estimate of drug-likeness (QED) is 0.766. The minimum absolute atomic E-state index is 0.127. The van der Waals surface area contributed by atoms with Crippen molar-refractivity contribution in [3.05, 3.63) is 17.0 Å². The zero-order chi connectivity index (χ0) is 10.1. The highest BCUT2D eigenvalue weighted by Gasteiger charge is 2.17.